The molecule has 0 bridgehead atoms. The van der Waals surface area contributed by atoms with Crippen molar-refractivity contribution < 1.29 is 9.59 Å². The number of halogens is 1. The molecule has 0 heterocycles. The third-order valence-corrected chi connectivity index (χ3v) is 3.96. The Labute approximate surface area is 144 Å². The predicted octanol–water partition coefficient (Wildman–Crippen LogP) is 2.43. The minimum atomic E-state index is -0.124. The van der Waals surface area contributed by atoms with E-state index >= 15 is 0 Å². The fraction of sp³-hybridized carbons (Fsp3) is 0.529. The van der Waals surface area contributed by atoms with Gasteiger partial charge in [0.25, 0.3) is 5.91 Å². The number of anilines is 1. The summed E-state index contributed by atoms with van der Waals surface area (Å²) in [7, 11) is 0. The van der Waals surface area contributed by atoms with Crippen molar-refractivity contribution in [2.24, 2.45) is 11.8 Å². The summed E-state index contributed by atoms with van der Waals surface area (Å²) in [5, 5.41) is 9.02. The molecule has 0 spiro atoms. The average molecular weight is 340 g/mol. The average Bonchev–Trinajstić information content (AvgIpc) is 3.22. The van der Waals surface area contributed by atoms with Gasteiger partial charge in [0.2, 0.25) is 5.91 Å². The third-order valence-electron chi connectivity index (χ3n) is 3.96. The van der Waals surface area contributed by atoms with E-state index in [0.717, 1.165) is 13.0 Å². The first-order valence-electron chi connectivity index (χ1n) is 7.93. The van der Waals surface area contributed by atoms with Gasteiger partial charge >= 0.3 is 0 Å². The third kappa shape index (κ3) is 5.84. The van der Waals surface area contributed by atoms with Crippen LogP contribution in [0.1, 0.15) is 37.6 Å². The predicted molar refractivity (Wildman–Crippen MR) is 95.1 cm³/mol. The molecule has 1 aliphatic rings. The molecule has 128 valence electrons. The highest BCUT2D eigenvalue weighted by atomic mass is 35.5. The lowest BCUT2D eigenvalue weighted by Crippen LogP contribution is -2.38. The number of rotatable bonds is 7. The zero-order chi connectivity index (χ0) is 16.1. The molecule has 0 aliphatic heterocycles. The van der Waals surface area contributed by atoms with Crippen molar-refractivity contribution in [3.63, 3.8) is 0 Å². The molecule has 1 saturated carbocycles. The van der Waals surface area contributed by atoms with E-state index in [9.17, 15) is 9.59 Å². The highest BCUT2D eigenvalue weighted by Crippen LogP contribution is 2.38. The number of likely N-dealkylation sites (N-methyl/N-ethyl adjacent to an activating group) is 1. The zero-order valence-corrected chi connectivity index (χ0v) is 14.7. The molecule has 0 saturated heterocycles. The van der Waals surface area contributed by atoms with Crippen molar-refractivity contribution in [3.8, 4) is 0 Å². The van der Waals surface area contributed by atoms with E-state index in [1.165, 1.54) is 0 Å². The first-order chi connectivity index (χ1) is 10.5. The molecular weight excluding hydrogens is 314 g/mol. The van der Waals surface area contributed by atoms with Crippen LogP contribution in [0.25, 0.3) is 0 Å². The van der Waals surface area contributed by atoms with Crippen LogP contribution in [0.15, 0.2) is 24.3 Å². The lowest BCUT2D eigenvalue weighted by atomic mass is 10.1. The van der Waals surface area contributed by atoms with Gasteiger partial charge in [-0.3, -0.25) is 9.59 Å². The number of nitrogens with one attached hydrogen (secondary N) is 3. The van der Waals surface area contributed by atoms with Crippen LogP contribution in [0.2, 0.25) is 0 Å². The minimum Gasteiger partial charge on any atom is -0.350 e. The molecule has 2 amide bonds. The molecule has 2 rings (SSSR count). The standard InChI is InChI=1S/C17H25N3O2.ClH/c1-4-18-12(3)10-19-16(21)13-6-5-7-14(9-13)20-17(22)15-8-11(15)2;/h5-7,9,11-12,15,18H,4,8,10H2,1-3H3,(H,19,21)(H,20,22);1H/t11?,12-,15?;/m1./s1. The Hall–Kier alpha value is -1.59. The van der Waals surface area contributed by atoms with Crippen LogP contribution in [0.4, 0.5) is 5.69 Å². The number of carbonyl (C=O) groups is 2. The monoisotopic (exact) mass is 339 g/mol. The number of benzene rings is 1. The highest BCUT2D eigenvalue weighted by Gasteiger charge is 2.39. The van der Waals surface area contributed by atoms with Gasteiger partial charge in [0.1, 0.15) is 0 Å². The van der Waals surface area contributed by atoms with Crippen molar-refractivity contribution in [1.82, 2.24) is 10.6 Å². The maximum Gasteiger partial charge on any atom is 0.251 e. The molecule has 0 radical (unpaired) electrons. The smallest absolute Gasteiger partial charge is 0.251 e. The largest absolute Gasteiger partial charge is 0.350 e. The van der Waals surface area contributed by atoms with Crippen molar-refractivity contribution >= 4 is 29.9 Å². The highest BCUT2D eigenvalue weighted by molar-refractivity contribution is 5.98. The number of hydrogen-bond donors (Lipinski definition) is 3. The fourth-order valence-electron chi connectivity index (χ4n) is 2.43. The normalized spacial score (nSPS) is 20.1. The summed E-state index contributed by atoms with van der Waals surface area (Å²) < 4.78 is 0. The molecule has 5 nitrogen and oxygen atoms in total. The van der Waals surface area contributed by atoms with Gasteiger partial charge in [-0.05, 0) is 44.0 Å². The summed E-state index contributed by atoms with van der Waals surface area (Å²) >= 11 is 0. The maximum atomic E-state index is 12.1. The van der Waals surface area contributed by atoms with E-state index in [1.807, 2.05) is 19.9 Å². The van der Waals surface area contributed by atoms with Crippen LogP contribution >= 0.6 is 12.4 Å². The zero-order valence-electron chi connectivity index (χ0n) is 13.9. The Bertz CT molecular complexity index is 550. The van der Waals surface area contributed by atoms with Gasteiger partial charge in [-0.2, -0.15) is 0 Å². The topological polar surface area (TPSA) is 70.2 Å². The molecule has 23 heavy (non-hydrogen) atoms. The lowest BCUT2D eigenvalue weighted by Gasteiger charge is -2.13. The van der Waals surface area contributed by atoms with E-state index in [2.05, 4.69) is 22.9 Å². The van der Waals surface area contributed by atoms with Crippen LogP contribution in [0.5, 0.6) is 0 Å². The Balaban J connectivity index is 0.00000264. The van der Waals surface area contributed by atoms with Gasteiger partial charge < -0.3 is 16.0 Å². The minimum absolute atomic E-state index is 0. The summed E-state index contributed by atoms with van der Waals surface area (Å²) in [5.41, 5.74) is 1.24. The maximum absolute atomic E-state index is 12.1. The SMILES string of the molecule is CCN[C@H](C)CNC(=O)c1cccc(NC(=O)C2CC2C)c1.Cl. The first kappa shape index (κ1) is 19.5. The second-order valence-corrected chi connectivity index (χ2v) is 6.06. The van der Waals surface area contributed by atoms with Crippen LogP contribution in [-0.2, 0) is 4.79 Å². The molecule has 2 unspecified atom stereocenters. The molecule has 0 aromatic heterocycles. The summed E-state index contributed by atoms with van der Waals surface area (Å²) in [6, 6.07) is 7.30. The van der Waals surface area contributed by atoms with E-state index in [0.29, 0.717) is 23.7 Å². The number of carbonyl (C=O) groups excluding carboxylic acids is 2. The van der Waals surface area contributed by atoms with Gasteiger partial charge in [0.15, 0.2) is 0 Å². The van der Waals surface area contributed by atoms with Crippen LogP contribution in [0.3, 0.4) is 0 Å². The van der Waals surface area contributed by atoms with Crippen molar-refractivity contribution in [2.75, 3.05) is 18.4 Å². The van der Waals surface area contributed by atoms with Crippen LogP contribution in [-0.4, -0.2) is 30.9 Å². The molecule has 1 aliphatic carbocycles. The number of hydrogen-bond acceptors (Lipinski definition) is 3. The molecule has 1 aromatic carbocycles. The van der Waals surface area contributed by atoms with Crippen molar-refractivity contribution in [1.29, 1.82) is 0 Å². The Morgan fingerprint density at radius 2 is 2.04 bits per heavy atom. The summed E-state index contributed by atoms with van der Waals surface area (Å²) in [6.07, 6.45) is 0.953. The molecule has 1 aromatic rings. The Morgan fingerprint density at radius 3 is 2.65 bits per heavy atom. The van der Waals surface area contributed by atoms with Crippen LogP contribution < -0.4 is 16.0 Å². The first-order valence-corrected chi connectivity index (χ1v) is 7.93. The Kier molecular flexibility index (Phi) is 7.52. The fourth-order valence-corrected chi connectivity index (χ4v) is 2.43. The van der Waals surface area contributed by atoms with Gasteiger partial charge in [0, 0.05) is 29.8 Å². The van der Waals surface area contributed by atoms with Gasteiger partial charge in [-0.15, -0.1) is 12.4 Å². The second kappa shape index (κ2) is 8.89. The molecular formula is C17H26ClN3O2. The number of amides is 2. The van der Waals surface area contributed by atoms with Crippen molar-refractivity contribution in [2.45, 2.75) is 33.2 Å². The second-order valence-electron chi connectivity index (χ2n) is 6.06. The van der Waals surface area contributed by atoms with E-state index < -0.39 is 0 Å². The van der Waals surface area contributed by atoms with E-state index in [4.69, 9.17) is 0 Å². The molecule has 3 N–H and O–H groups in total. The molecule has 1 fully saturated rings. The summed E-state index contributed by atoms with van der Waals surface area (Å²) in [6.45, 7) is 7.57. The van der Waals surface area contributed by atoms with Crippen molar-refractivity contribution in [3.05, 3.63) is 29.8 Å². The van der Waals surface area contributed by atoms with Gasteiger partial charge in [-0.25, -0.2) is 0 Å². The Morgan fingerprint density at radius 1 is 1.35 bits per heavy atom. The quantitative estimate of drug-likeness (QED) is 0.714. The van der Waals surface area contributed by atoms with E-state index in [-0.39, 0.29) is 36.2 Å². The summed E-state index contributed by atoms with van der Waals surface area (Å²) in [4.78, 5) is 24.1. The van der Waals surface area contributed by atoms with E-state index in [1.54, 1.807) is 18.2 Å². The van der Waals surface area contributed by atoms with Gasteiger partial charge in [0.05, 0.1) is 0 Å². The lowest BCUT2D eigenvalue weighted by molar-refractivity contribution is -0.117. The molecule has 3 atom stereocenters. The van der Waals surface area contributed by atoms with Crippen LogP contribution in [0, 0.1) is 11.8 Å². The summed E-state index contributed by atoms with van der Waals surface area (Å²) in [5.74, 6) is 0.518. The molecule has 6 heteroatoms. The van der Waals surface area contributed by atoms with Gasteiger partial charge in [-0.1, -0.05) is 19.9 Å².